The number of halogens is 1. The molecule has 2 heterocycles. The third kappa shape index (κ3) is 2.79. The molecule has 1 aromatic heterocycles. The van der Waals surface area contributed by atoms with Gasteiger partial charge in [-0.1, -0.05) is 35.5 Å². The molecule has 2 aromatic carbocycles. The molecule has 0 aliphatic carbocycles. The van der Waals surface area contributed by atoms with Crippen molar-refractivity contribution >= 4 is 24.2 Å². The van der Waals surface area contributed by atoms with Crippen LogP contribution in [0.4, 0.5) is 10.1 Å². The lowest BCUT2D eigenvalue weighted by Gasteiger charge is -2.09. The van der Waals surface area contributed by atoms with Crippen LogP contribution < -0.4 is 10.8 Å². The quantitative estimate of drug-likeness (QED) is 0.707. The first kappa shape index (κ1) is 16.5. The predicted molar refractivity (Wildman–Crippen MR) is 93.4 cm³/mol. The van der Waals surface area contributed by atoms with Crippen molar-refractivity contribution in [2.75, 3.05) is 5.32 Å². The Morgan fingerprint density at radius 2 is 2.08 bits per heavy atom. The predicted octanol–water partition coefficient (Wildman–Crippen LogP) is 2.26. The van der Waals surface area contributed by atoms with Gasteiger partial charge in [0.1, 0.15) is 17.2 Å². The molecule has 2 N–H and O–H groups in total. The second-order valence-electron chi connectivity index (χ2n) is 5.98. The fourth-order valence-electron chi connectivity index (χ4n) is 2.91. The van der Waals surface area contributed by atoms with E-state index in [1.807, 2.05) is 30.3 Å². The smallest absolute Gasteiger partial charge is 0.423 e. The molecule has 6 nitrogen and oxygen atoms in total. The first-order chi connectivity index (χ1) is 12.5. The molecule has 0 fully saturated rings. The first-order valence-corrected chi connectivity index (χ1v) is 7.99. The highest BCUT2D eigenvalue weighted by atomic mass is 19.1. The molecule has 0 bridgehead atoms. The molecule has 0 saturated heterocycles. The number of nitrogens with one attached hydrogen (secondary N) is 1. The Balaban J connectivity index is 1.68. The van der Waals surface area contributed by atoms with Crippen LogP contribution >= 0.6 is 0 Å². The fourth-order valence-corrected chi connectivity index (χ4v) is 2.91. The van der Waals surface area contributed by atoms with Gasteiger partial charge in [-0.25, -0.2) is 4.39 Å². The third-order valence-corrected chi connectivity index (χ3v) is 4.28. The third-order valence-electron chi connectivity index (χ3n) is 4.28. The lowest BCUT2D eigenvalue weighted by atomic mass is 9.78. The van der Waals surface area contributed by atoms with Crippen LogP contribution in [0, 0.1) is 12.7 Å². The van der Waals surface area contributed by atoms with E-state index in [-0.39, 0.29) is 12.2 Å². The zero-order valence-electron chi connectivity index (χ0n) is 13.8. The number of hydrogen-bond acceptors (Lipinski definition) is 5. The molecule has 0 spiro atoms. The van der Waals surface area contributed by atoms with Gasteiger partial charge in [0.15, 0.2) is 5.76 Å². The molecule has 130 valence electrons. The number of fused-ring (bicyclic) bond motifs is 1. The Labute approximate surface area is 148 Å². The zero-order chi connectivity index (χ0) is 18.3. The van der Waals surface area contributed by atoms with Crippen LogP contribution in [-0.4, -0.2) is 23.2 Å². The van der Waals surface area contributed by atoms with Crippen molar-refractivity contribution in [3.05, 3.63) is 65.2 Å². The number of amides is 1. The lowest BCUT2D eigenvalue weighted by Crippen LogP contribution is -2.30. The number of rotatable bonds is 3. The van der Waals surface area contributed by atoms with Gasteiger partial charge in [-0.05, 0) is 30.1 Å². The first-order valence-electron chi connectivity index (χ1n) is 7.99. The Morgan fingerprint density at radius 3 is 2.85 bits per heavy atom. The second kappa shape index (κ2) is 6.40. The average Bonchev–Trinajstić information content (AvgIpc) is 3.18. The summed E-state index contributed by atoms with van der Waals surface area (Å²) in [5, 5.41) is 16.4. The van der Waals surface area contributed by atoms with Crippen molar-refractivity contribution in [2.45, 2.75) is 13.5 Å². The molecule has 1 aliphatic heterocycles. The van der Waals surface area contributed by atoms with E-state index in [1.165, 1.54) is 12.1 Å². The van der Waals surface area contributed by atoms with Gasteiger partial charge in [0.05, 0.1) is 12.2 Å². The van der Waals surface area contributed by atoms with Gasteiger partial charge in [-0.3, -0.25) is 4.79 Å². The van der Waals surface area contributed by atoms with E-state index in [2.05, 4.69) is 10.5 Å². The summed E-state index contributed by atoms with van der Waals surface area (Å²) in [7, 11) is -1.16. The molecule has 0 unspecified atom stereocenters. The molecule has 26 heavy (non-hydrogen) atoms. The van der Waals surface area contributed by atoms with Gasteiger partial charge in [0, 0.05) is 5.56 Å². The average molecular weight is 352 g/mol. The van der Waals surface area contributed by atoms with Gasteiger partial charge in [-0.15, -0.1) is 0 Å². The maximum absolute atomic E-state index is 14.3. The molecule has 8 heteroatoms. The molecular weight excluding hydrogens is 338 g/mol. The number of hydrogen-bond donors (Lipinski definition) is 2. The van der Waals surface area contributed by atoms with Crippen LogP contribution in [-0.2, 0) is 11.3 Å². The summed E-state index contributed by atoms with van der Waals surface area (Å²) < 4.78 is 24.6. The van der Waals surface area contributed by atoms with Crippen LogP contribution in [0.1, 0.15) is 21.7 Å². The summed E-state index contributed by atoms with van der Waals surface area (Å²) in [5.74, 6) is -0.940. The van der Waals surface area contributed by atoms with E-state index in [0.717, 1.165) is 5.56 Å². The van der Waals surface area contributed by atoms with Gasteiger partial charge in [0.25, 0.3) is 5.91 Å². The highest BCUT2D eigenvalue weighted by Crippen LogP contribution is 2.30. The number of carbonyl (C=O) groups is 1. The fraction of sp³-hybridized carbons (Fsp3) is 0.111. The van der Waals surface area contributed by atoms with Crippen molar-refractivity contribution in [1.82, 2.24) is 5.16 Å². The van der Waals surface area contributed by atoms with Crippen molar-refractivity contribution in [3.8, 4) is 11.3 Å². The van der Waals surface area contributed by atoms with E-state index in [9.17, 15) is 14.2 Å². The van der Waals surface area contributed by atoms with Crippen molar-refractivity contribution < 1.29 is 23.4 Å². The normalized spacial score (nSPS) is 13.0. The van der Waals surface area contributed by atoms with Gasteiger partial charge in [-0.2, -0.15) is 0 Å². The molecule has 1 amide bonds. The number of anilines is 1. The topological polar surface area (TPSA) is 84.6 Å². The molecule has 1 aliphatic rings. The Hall–Kier alpha value is -2.97. The molecule has 3 aromatic rings. The Kier molecular flexibility index (Phi) is 4.06. The standard InChI is InChI=1S/C18H14BFN2O4/c1-10-16(17(22-26-10)11-5-3-2-4-6-11)21-18(23)13-8-14-12(7-15(13)20)9-25-19(14)24/h2-8,24H,9H2,1H3,(H,21,23). The number of aryl methyl sites for hydroxylation is 1. The summed E-state index contributed by atoms with van der Waals surface area (Å²) in [5.41, 5.74) is 2.32. The minimum absolute atomic E-state index is 0.109. The summed E-state index contributed by atoms with van der Waals surface area (Å²) >= 11 is 0. The SMILES string of the molecule is Cc1onc(-c2ccccc2)c1NC(=O)c1cc2c(cc1F)COB2O. The van der Waals surface area contributed by atoms with Crippen LogP contribution in [0.2, 0.25) is 0 Å². The van der Waals surface area contributed by atoms with E-state index in [1.54, 1.807) is 6.92 Å². The second-order valence-corrected chi connectivity index (χ2v) is 5.98. The number of nitrogens with zero attached hydrogens (tertiary/aromatic N) is 1. The van der Waals surface area contributed by atoms with Gasteiger partial charge < -0.3 is 19.5 Å². The summed E-state index contributed by atoms with van der Waals surface area (Å²) in [6.45, 7) is 1.77. The van der Waals surface area contributed by atoms with E-state index in [0.29, 0.717) is 28.2 Å². The number of benzene rings is 2. The lowest BCUT2D eigenvalue weighted by molar-refractivity contribution is 0.102. The van der Waals surface area contributed by atoms with Gasteiger partial charge in [0.2, 0.25) is 0 Å². The van der Waals surface area contributed by atoms with Crippen LogP contribution in [0.15, 0.2) is 47.0 Å². The monoisotopic (exact) mass is 352 g/mol. The molecular formula is C18H14BFN2O4. The number of carbonyl (C=O) groups excluding carboxylic acids is 1. The Bertz CT molecular complexity index is 990. The van der Waals surface area contributed by atoms with E-state index < -0.39 is 18.8 Å². The maximum Gasteiger partial charge on any atom is 0.491 e. The van der Waals surface area contributed by atoms with Crippen molar-refractivity contribution in [1.29, 1.82) is 0 Å². The minimum atomic E-state index is -1.16. The van der Waals surface area contributed by atoms with Crippen LogP contribution in [0.3, 0.4) is 0 Å². The van der Waals surface area contributed by atoms with E-state index in [4.69, 9.17) is 9.18 Å². The molecule has 0 saturated carbocycles. The van der Waals surface area contributed by atoms with Crippen molar-refractivity contribution in [3.63, 3.8) is 0 Å². The number of aromatic nitrogens is 1. The molecule has 0 atom stereocenters. The summed E-state index contributed by atoms with van der Waals surface area (Å²) in [6, 6.07) is 11.7. The molecule has 0 radical (unpaired) electrons. The molecule has 4 rings (SSSR count). The zero-order valence-corrected chi connectivity index (χ0v) is 13.8. The minimum Gasteiger partial charge on any atom is -0.423 e. The summed E-state index contributed by atoms with van der Waals surface area (Å²) in [6.07, 6.45) is 0. The van der Waals surface area contributed by atoms with E-state index >= 15 is 0 Å². The largest absolute Gasteiger partial charge is 0.491 e. The maximum atomic E-state index is 14.3. The van der Waals surface area contributed by atoms with Gasteiger partial charge >= 0.3 is 7.12 Å². The van der Waals surface area contributed by atoms with Crippen molar-refractivity contribution in [2.24, 2.45) is 0 Å². The van der Waals surface area contributed by atoms with Crippen LogP contribution in [0.5, 0.6) is 0 Å². The highest BCUT2D eigenvalue weighted by Gasteiger charge is 2.30. The Morgan fingerprint density at radius 1 is 1.31 bits per heavy atom. The van der Waals surface area contributed by atoms with Crippen LogP contribution in [0.25, 0.3) is 11.3 Å². The highest BCUT2D eigenvalue weighted by molar-refractivity contribution is 6.61. The summed E-state index contributed by atoms with van der Waals surface area (Å²) in [4.78, 5) is 12.6.